The predicted octanol–water partition coefficient (Wildman–Crippen LogP) is 3.50. The van der Waals surface area contributed by atoms with Gasteiger partial charge in [0, 0.05) is 16.6 Å². The molecule has 3 aromatic rings. The van der Waals surface area contributed by atoms with Gasteiger partial charge in [-0.15, -0.1) is 0 Å². The number of hydrazone groups is 1. The molecule has 0 aliphatic heterocycles. The molecule has 0 radical (unpaired) electrons. The molecule has 0 bridgehead atoms. The third-order valence-electron chi connectivity index (χ3n) is 4.18. The summed E-state index contributed by atoms with van der Waals surface area (Å²) < 4.78 is 5.04. The number of hydrogen-bond acceptors (Lipinski definition) is 5. The van der Waals surface area contributed by atoms with Crippen LogP contribution in [0.5, 0.6) is 11.5 Å². The highest BCUT2D eigenvalue weighted by Crippen LogP contribution is 2.28. The molecule has 0 aliphatic carbocycles. The van der Waals surface area contributed by atoms with Gasteiger partial charge in [0.05, 0.1) is 13.3 Å². The number of para-hydroxylation sites is 1. The Kier molecular flexibility index (Phi) is 5.56. The molecule has 0 saturated carbocycles. The number of rotatable bonds is 6. The van der Waals surface area contributed by atoms with Gasteiger partial charge in [0.25, 0.3) is 5.91 Å². The van der Waals surface area contributed by atoms with Gasteiger partial charge in [0.2, 0.25) is 0 Å². The van der Waals surface area contributed by atoms with Gasteiger partial charge in [-0.1, -0.05) is 42.5 Å². The molecular formula is C21H21N3O3. The van der Waals surface area contributed by atoms with Gasteiger partial charge in [-0.25, -0.2) is 5.43 Å². The molecule has 0 fully saturated rings. The minimum Gasteiger partial charge on any atom is -0.504 e. The molecule has 3 rings (SSSR count). The number of carbonyl (C=O) groups excluding carboxylic acids is 1. The first kappa shape index (κ1) is 18.3. The number of phenolic OH excluding ortho intramolecular Hbond substituents is 1. The lowest BCUT2D eigenvalue weighted by Crippen LogP contribution is -2.34. The molecule has 0 aromatic heterocycles. The second-order valence-electron chi connectivity index (χ2n) is 6.03. The summed E-state index contributed by atoms with van der Waals surface area (Å²) >= 11 is 0. The van der Waals surface area contributed by atoms with Crippen molar-refractivity contribution in [2.45, 2.75) is 13.0 Å². The zero-order valence-electron chi connectivity index (χ0n) is 15.1. The van der Waals surface area contributed by atoms with Gasteiger partial charge in [0.15, 0.2) is 11.5 Å². The fraction of sp³-hybridized carbons (Fsp3) is 0.143. The summed E-state index contributed by atoms with van der Waals surface area (Å²) in [5.74, 6) is 0.0257. The normalized spacial score (nSPS) is 12.1. The Morgan fingerprint density at radius 2 is 1.85 bits per heavy atom. The number of nitrogens with one attached hydrogen (secondary N) is 2. The van der Waals surface area contributed by atoms with Gasteiger partial charge in [-0.3, -0.25) is 4.79 Å². The summed E-state index contributed by atoms with van der Waals surface area (Å²) in [5, 5.41) is 19.3. The van der Waals surface area contributed by atoms with Crippen molar-refractivity contribution in [1.29, 1.82) is 0 Å². The van der Waals surface area contributed by atoms with E-state index in [1.807, 2.05) is 42.5 Å². The van der Waals surface area contributed by atoms with Crippen molar-refractivity contribution < 1.29 is 14.6 Å². The molecule has 1 amide bonds. The fourth-order valence-electron chi connectivity index (χ4n) is 2.72. The largest absolute Gasteiger partial charge is 0.504 e. The highest BCUT2D eigenvalue weighted by Gasteiger charge is 2.13. The van der Waals surface area contributed by atoms with Crippen LogP contribution in [0, 0.1) is 0 Å². The van der Waals surface area contributed by atoms with E-state index < -0.39 is 6.04 Å². The molecule has 3 aromatic carbocycles. The van der Waals surface area contributed by atoms with Crippen LogP contribution in [-0.2, 0) is 4.79 Å². The Morgan fingerprint density at radius 3 is 2.67 bits per heavy atom. The van der Waals surface area contributed by atoms with Crippen LogP contribution in [0.4, 0.5) is 5.69 Å². The minimum atomic E-state index is -0.494. The highest BCUT2D eigenvalue weighted by molar-refractivity contribution is 5.96. The second kappa shape index (κ2) is 8.23. The van der Waals surface area contributed by atoms with Crippen LogP contribution in [0.25, 0.3) is 10.8 Å². The molecule has 0 spiro atoms. The standard InChI is InChI=1S/C21H21N3O3/c1-14(23-18-11-5-8-15-7-3-4-10-17(15)18)21(26)24-22-13-16-9-6-12-19(27-2)20(16)25/h3-14,23,25H,1-2H3,(H,24,26)/b22-13-/t14-/m0/s1. The van der Waals surface area contributed by atoms with Crippen LogP contribution < -0.4 is 15.5 Å². The van der Waals surface area contributed by atoms with E-state index in [1.165, 1.54) is 13.3 Å². The van der Waals surface area contributed by atoms with E-state index >= 15 is 0 Å². The molecule has 6 nitrogen and oxygen atoms in total. The average Bonchev–Trinajstić information content (AvgIpc) is 2.69. The van der Waals surface area contributed by atoms with E-state index in [2.05, 4.69) is 15.8 Å². The van der Waals surface area contributed by atoms with Crippen molar-refractivity contribution in [3.05, 3.63) is 66.2 Å². The lowest BCUT2D eigenvalue weighted by atomic mass is 10.1. The number of ether oxygens (including phenoxy) is 1. The number of phenols is 1. The molecule has 3 N–H and O–H groups in total. The summed E-state index contributed by atoms with van der Waals surface area (Å²) in [4.78, 5) is 12.3. The van der Waals surface area contributed by atoms with Crippen molar-refractivity contribution in [1.82, 2.24) is 5.43 Å². The number of benzene rings is 3. The fourth-order valence-corrected chi connectivity index (χ4v) is 2.72. The number of hydrogen-bond donors (Lipinski definition) is 3. The van der Waals surface area contributed by atoms with Gasteiger partial charge < -0.3 is 15.2 Å². The van der Waals surface area contributed by atoms with Gasteiger partial charge in [-0.05, 0) is 30.5 Å². The maximum Gasteiger partial charge on any atom is 0.262 e. The maximum absolute atomic E-state index is 12.3. The monoisotopic (exact) mass is 363 g/mol. The SMILES string of the molecule is COc1cccc(/C=N\NC(=O)[C@H](C)Nc2cccc3ccccc23)c1O. The molecule has 0 unspecified atom stereocenters. The number of methoxy groups -OCH3 is 1. The van der Waals surface area contributed by atoms with Crippen molar-refractivity contribution in [2.24, 2.45) is 5.10 Å². The topological polar surface area (TPSA) is 83.0 Å². The first-order valence-corrected chi connectivity index (χ1v) is 8.53. The Balaban J connectivity index is 1.66. The van der Waals surface area contributed by atoms with Crippen LogP contribution >= 0.6 is 0 Å². The Hall–Kier alpha value is -3.54. The van der Waals surface area contributed by atoms with E-state index in [0.717, 1.165) is 16.5 Å². The smallest absolute Gasteiger partial charge is 0.262 e. The molecule has 27 heavy (non-hydrogen) atoms. The molecule has 6 heteroatoms. The summed E-state index contributed by atoms with van der Waals surface area (Å²) in [6.07, 6.45) is 1.38. The van der Waals surface area contributed by atoms with Gasteiger partial charge in [-0.2, -0.15) is 5.10 Å². The van der Waals surface area contributed by atoms with E-state index in [1.54, 1.807) is 25.1 Å². The number of fused-ring (bicyclic) bond motifs is 1. The number of anilines is 1. The third kappa shape index (κ3) is 4.17. The zero-order chi connectivity index (χ0) is 19.2. The Labute approximate surface area is 157 Å². The Morgan fingerprint density at radius 1 is 1.11 bits per heavy atom. The minimum absolute atomic E-state index is 0.0278. The molecule has 0 aliphatic rings. The van der Waals surface area contributed by atoms with E-state index in [-0.39, 0.29) is 11.7 Å². The van der Waals surface area contributed by atoms with Crippen LogP contribution in [0.15, 0.2) is 65.8 Å². The molecule has 138 valence electrons. The summed E-state index contributed by atoms with van der Waals surface area (Å²) in [6.45, 7) is 1.76. The lowest BCUT2D eigenvalue weighted by Gasteiger charge is -2.15. The number of nitrogens with zero attached hydrogens (tertiary/aromatic N) is 1. The van der Waals surface area contributed by atoms with Crippen LogP contribution in [0.3, 0.4) is 0 Å². The molecular weight excluding hydrogens is 342 g/mol. The third-order valence-corrected chi connectivity index (χ3v) is 4.18. The van der Waals surface area contributed by atoms with Crippen LogP contribution in [0.1, 0.15) is 12.5 Å². The van der Waals surface area contributed by atoms with Crippen molar-refractivity contribution in [3.63, 3.8) is 0 Å². The number of amides is 1. The predicted molar refractivity (Wildman–Crippen MR) is 107 cm³/mol. The van der Waals surface area contributed by atoms with Gasteiger partial charge >= 0.3 is 0 Å². The van der Waals surface area contributed by atoms with E-state index in [4.69, 9.17) is 4.74 Å². The summed E-state index contributed by atoms with van der Waals surface area (Å²) in [7, 11) is 1.47. The highest BCUT2D eigenvalue weighted by atomic mass is 16.5. The summed E-state index contributed by atoms with van der Waals surface area (Å²) in [6, 6.07) is 18.4. The number of aromatic hydroxyl groups is 1. The second-order valence-corrected chi connectivity index (χ2v) is 6.03. The molecule has 0 saturated heterocycles. The molecule has 0 heterocycles. The first-order valence-electron chi connectivity index (χ1n) is 8.53. The van der Waals surface area contributed by atoms with Crippen molar-refractivity contribution in [3.8, 4) is 11.5 Å². The van der Waals surface area contributed by atoms with E-state index in [0.29, 0.717) is 11.3 Å². The van der Waals surface area contributed by atoms with Gasteiger partial charge in [0.1, 0.15) is 6.04 Å². The van der Waals surface area contributed by atoms with Crippen LogP contribution in [0.2, 0.25) is 0 Å². The number of carbonyl (C=O) groups is 1. The summed E-state index contributed by atoms with van der Waals surface area (Å²) in [5.41, 5.74) is 3.81. The quantitative estimate of drug-likeness (QED) is 0.462. The average molecular weight is 363 g/mol. The van der Waals surface area contributed by atoms with Crippen molar-refractivity contribution >= 4 is 28.6 Å². The Bertz CT molecular complexity index is 980. The van der Waals surface area contributed by atoms with Crippen molar-refractivity contribution in [2.75, 3.05) is 12.4 Å². The lowest BCUT2D eigenvalue weighted by molar-refractivity contribution is -0.121. The zero-order valence-corrected chi connectivity index (χ0v) is 15.1. The van der Waals surface area contributed by atoms with E-state index in [9.17, 15) is 9.90 Å². The maximum atomic E-state index is 12.3. The first-order chi connectivity index (χ1) is 13.1. The molecule has 1 atom stereocenters. The van der Waals surface area contributed by atoms with Crippen LogP contribution in [-0.4, -0.2) is 30.4 Å².